The minimum atomic E-state index is 0.264. The normalized spacial score (nSPS) is 9.29. The second-order valence-corrected chi connectivity index (χ2v) is 0.888. The fourth-order valence-corrected chi connectivity index (χ4v) is 0.161. The standard InChI is InChI=1S/C4H6FNO/c5-2-1-3-6-4-7/h1-2,4H,3H2,(H,6,7)/b2-1-. The van der Waals surface area contributed by atoms with E-state index in [2.05, 4.69) is 5.32 Å². The number of carbonyl (C=O) groups is 1. The van der Waals surface area contributed by atoms with Gasteiger partial charge in [0, 0.05) is 6.54 Å². The molecule has 0 saturated carbocycles. The summed E-state index contributed by atoms with van der Waals surface area (Å²) in [6.45, 7) is 0.264. The number of hydrogen-bond donors (Lipinski definition) is 1. The topological polar surface area (TPSA) is 29.1 Å². The predicted molar refractivity (Wildman–Crippen MR) is 24.3 cm³/mol. The third kappa shape index (κ3) is 5.14. The van der Waals surface area contributed by atoms with Crippen molar-refractivity contribution < 1.29 is 9.18 Å². The Balaban J connectivity index is 2.82. The second kappa shape index (κ2) is 5.14. The largest absolute Gasteiger partial charge is 0.355 e. The van der Waals surface area contributed by atoms with Crippen LogP contribution in [0.1, 0.15) is 0 Å². The molecule has 0 saturated heterocycles. The predicted octanol–water partition coefficient (Wildman–Crippen LogP) is 0.216. The van der Waals surface area contributed by atoms with Crippen LogP contribution in [0.3, 0.4) is 0 Å². The molecule has 0 aromatic rings. The molecule has 0 aliphatic rings. The number of rotatable bonds is 3. The minimum absolute atomic E-state index is 0.264. The van der Waals surface area contributed by atoms with Crippen molar-refractivity contribution in [1.82, 2.24) is 5.32 Å². The van der Waals surface area contributed by atoms with Gasteiger partial charge in [-0.2, -0.15) is 0 Å². The van der Waals surface area contributed by atoms with E-state index in [0.717, 1.165) is 0 Å². The molecule has 2 nitrogen and oxygen atoms in total. The van der Waals surface area contributed by atoms with Crippen LogP contribution in [0.2, 0.25) is 0 Å². The van der Waals surface area contributed by atoms with Gasteiger partial charge in [-0.15, -0.1) is 0 Å². The van der Waals surface area contributed by atoms with Crippen molar-refractivity contribution in [1.29, 1.82) is 0 Å². The van der Waals surface area contributed by atoms with E-state index in [4.69, 9.17) is 0 Å². The van der Waals surface area contributed by atoms with Crippen LogP contribution < -0.4 is 5.32 Å². The molecule has 0 unspecified atom stereocenters. The third-order valence-electron chi connectivity index (χ3n) is 0.408. The van der Waals surface area contributed by atoms with E-state index in [9.17, 15) is 9.18 Å². The summed E-state index contributed by atoms with van der Waals surface area (Å²) in [5, 5.41) is 2.24. The average molecular weight is 103 g/mol. The summed E-state index contributed by atoms with van der Waals surface area (Å²) >= 11 is 0. The molecule has 0 radical (unpaired) electrons. The summed E-state index contributed by atoms with van der Waals surface area (Å²) in [7, 11) is 0. The Morgan fingerprint density at radius 1 is 1.71 bits per heavy atom. The smallest absolute Gasteiger partial charge is 0.207 e. The van der Waals surface area contributed by atoms with E-state index in [1.807, 2.05) is 0 Å². The van der Waals surface area contributed by atoms with E-state index in [1.165, 1.54) is 6.08 Å². The zero-order valence-corrected chi connectivity index (χ0v) is 3.73. The molecule has 0 rings (SSSR count). The van der Waals surface area contributed by atoms with Gasteiger partial charge in [0.05, 0.1) is 6.33 Å². The molecule has 3 heteroatoms. The molecular formula is C4H6FNO. The van der Waals surface area contributed by atoms with Crippen molar-refractivity contribution in [3.8, 4) is 0 Å². The highest BCUT2D eigenvalue weighted by Crippen LogP contribution is 1.66. The minimum Gasteiger partial charge on any atom is -0.355 e. The number of halogens is 1. The Bertz CT molecular complexity index is 72.1. The van der Waals surface area contributed by atoms with Crippen LogP contribution in [0.5, 0.6) is 0 Å². The summed E-state index contributed by atoms with van der Waals surface area (Å²) in [5.74, 6) is 0. The van der Waals surface area contributed by atoms with Crippen LogP contribution in [0, 0.1) is 0 Å². The molecule has 1 N–H and O–H groups in total. The maximum absolute atomic E-state index is 11.0. The van der Waals surface area contributed by atoms with Crippen LogP contribution in [-0.2, 0) is 4.79 Å². The zero-order chi connectivity index (χ0) is 5.54. The van der Waals surface area contributed by atoms with Crippen LogP contribution in [-0.4, -0.2) is 13.0 Å². The van der Waals surface area contributed by atoms with Gasteiger partial charge in [0.15, 0.2) is 0 Å². The van der Waals surface area contributed by atoms with Crippen LogP contribution in [0.15, 0.2) is 12.4 Å². The number of carbonyl (C=O) groups excluding carboxylic acids is 1. The summed E-state index contributed by atoms with van der Waals surface area (Å²) < 4.78 is 11.0. The quantitative estimate of drug-likeness (QED) is 0.401. The third-order valence-corrected chi connectivity index (χ3v) is 0.408. The summed E-state index contributed by atoms with van der Waals surface area (Å²) in [6, 6.07) is 0. The van der Waals surface area contributed by atoms with Crippen molar-refractivity contribution in [2.45, 2.75) is 0 Å². The molecule has 0 aliphatic carbocycles. The highest BCUT2D eigenvalue weighted by Gasteiger charge is 1.68. The van der Waals surface area contributed by atoms with Crippen molar-refractivity contribution in [3.63, 3.8) is 0 Å². The summed E-state index contributed by atoms with van der Waals surface area (Å²) in [4.78, 5) is 9.41. The van der Waals surface area contributed by atoms with Gasteiger partial charge in [-0.1, -0.05) is 0 Å². The number of hydrogen-bond acceptors (Lipinski definition) is 1. The first-order chi connectivity index (χ1) is 3.41. The average Bonchev–Trinajstić information content (AvgIpc) is 1.69. The van der Waals surface area contributed by atoms with Gasteiger partial charge < -0.3 is 5.32 Å². The van der Waals surface area contributed by atoms with Gasteiger partial charge in [-0.3, -0.25) is 4.79 Å². The first-order valence-electron chi connectivity index (χ1n) is 1.84. The van der Waals surface area contributed by atoms with Crippen molar-refractivity contribution in [2.24, 2.45) is 0 Å². The molecule has 40 valence electrons. The lowest BCUT2D eigenvalue weighted by Crippen LogP contribution is -2.08. The molecule has 0 aliphatic heterocycles. The Morgan fingerprint density at radius 3 is 2.86 bits per heavy atom. The van der Waals surface area contributed by atoms with Crippen LogP contribution >= 0.6 is 0 Å². The zero-order valence-electron chi connectivity index (χ0n) is 3.73. The molecule has 0 aromatic carbocycles. The molecule has 0 fully saturated rings. The Labute approximate surface area is 41.0 Å². The number of nitrogens with one attached hydrogen (secondary N) is 1. The maximum atomic E-state index is 11.0. The number of amides is 1. The molecular weight excluding hydrogens is 97.0 g/mol. The summed E-state index contributed by atoms with van der Waals surface area (Å²) in [5.41, 5.74) is 0. The SMILES string of the molecule is O=CNC/C=C\F. The molecule has 7 heavy (non-hydrogen) atoms. The highest BCUT2D eigenvalue weighted by molar-refractivity contribution is 5.46. The Hall–Kier alpha value is -0.860. The van der Waals surface area contributed by atoms with E-state index in [-0.39, 0.29) is 6.54 Å². The fourth-order valence-electron chi connectivity index (χ4n) is 0.161. The van der Waals surface area contributed by atoms with Gasteiger partial charge in [0.2, 0.25) is 6.41 Å². The van der Waals surface area contributed by atoms with Gasteiger partial charge in [-0.25, -0.2) is 4.39 Å². The summed E-state index contributed by atoms with van der Waals surface area (Å²) in [6.07, 6.45) is 2.10. The molecule has 0 aromatic heterocycles. The van der Waals surface area contributed by atoms with Gasteiger partial charge in [-0.05, 0) is 6.08 Å². The van der Waals surface area contributed by atoms with Crippen molar-refractivity contribution in [3.05, 3.63) is 12.4 Å². The molecule has 0 atom stereocenters. The van der Waals surface area contributed by atoms with E-state index in [1.54, 1.807) is 0 Å². The Morgan fingerprint density at radius 2 is 2.43 bits per heavy atom. The van der Waals surface area contributed by atoms with Crippen molar-refractivity contribution >= 4 is 6.41 Å². The lowest BCUT2D eigenvalue weighted by molar-refractivity contribution is -0.109. The van der Waals surface area contributed by atoms with E-state index in [0.29, 0.717) is 12.7 Å². The first kappa shape index (κ1) is 6.14. The molecule has 0 bridgehead atoms. The van der Waals surface area contributed by atoms with E-state index >= 15 is 0 Å². The fraction of sp³-hybridized carbons (Fsp3) is 0.250. The van der Waals surface area contributed by atoms with Crippen molar-refractivity contribution in [2.75, 3.05) is 6.54 Å². The van der Waals surface area contributed by atoms with Gasteiger partial charge >= 0.3 is 0 Å². The van der Waals surface area contributed by atoms with Gasteiger partial charge in [0.1, 0.15) is 0 Å². The lowest BCUT2D eigenvalue weighted by atomic mass is 10.6. The molecule has 1 amide bonds. The monoisotopic (exact) mass is 103 g/mol. The van der Waals surface area contributed by atoms with Crippen LogP contribution in [0.4, 0.5) is 4.39 Å². The first-order valence-corrected chi connectivity index (χ1v) is 1.84. The lowest BCUT2D eigenvalue weighted by Gasteiger charge is -1.82. The van der Waals surface area contributed by atoms with Crippen LogP contribution in [0.25, 0.3) is 0 Å². The van der Waals surface area contributed by atoms with E-state index < -0.39 is 0 Å². The Kier molecular flexibility index (Phi) is 4.51. The van der Waals surface area contributed by atoms with Gasteiger partial charge in [0.25, 0.3) is 0 Å². The second-order valence-electron chi connectivity index (χ2n) is 0.888. The molecule has 0 spiro atoms. The maximum Gasteiger partial charge on any atom is 0.207 e. The molecule has 0 heterocycles. The highest BCUT2D eigenvalue weighted by atomic mass is 19.1.